The predicted octanol–water partition coefficient (Wildman–Crippen LogP) is 5.29. The lowest BCUT2D eigenvalue weighted by Crippen LogP contribution is -2.45. The smallest absolute Gasteiger partial charge is 0.123 e. The van der Waals surface area contributed by atoms with Crippen LogP contribution in [0.1, 0.15) is 78.7 Å². The fraction of sp³-hybridized carbons (Fsp3) is 0.750. The number of phenols is 1. The number of benzene rings is 1. The standard InChI is InChI=1S/C24H43NO3/c1-6-19(4)15-24(25,17-26)13-12-21-10-11-22(14-23(21)27)28-16-20(5)9-7-8-18(2)3/h10-11,14,18-20,26-27H,6-9,12-13,15-17,25H2,1-5H3/t19?,20?,24-/m0/s1. The Bertz CT molecular complexity index is 561. The van der Waals surface area contributed by atoms with Gasteiger partial charge in [-0.2, -0.15) is 0 Å². The summed E-state index contributed by atoms with van der Waals surface area (Å²) >= 11 is 0. The molecule has 1 aromatic rings. The molecule has 0 spiro atoms. The van der Waals surface area contributed by atoms with Crippen LogP contribution in [0.5, 0.6) is 11.5 Å². The Morgan fingerprint density at radius 3 is 2.39 bits per heavy atom. The zero-order valence-corrected chi connectivity index (χ0v) is 18.7. The Labute approximate surface area is 172 Å². The number of aliphatic hydroxyl groups excluding tert-OH is 1. The summed E-state index contributed by atoms with van der Waals surface area (Å²) in [4.78, 5) is 0. The first kappa shape index (κ1) is 24.8. The van der Waals surface area contributed by atoms with Gasteiger partial charge in [0.05, 0.1) is 13.2 Å². The van der Waals surface area contributed by atoms with E-state index in [1.807, 2.05) is 12.1 Å². The molecule has 2 unspecified atom stereocenters. The molecule has 3 atom stereocenters. The molecule has 0 amide bonds. The molecule has 0 saturated heterocycles. The Morgan fingerprint density at radius 2 is 1.82 bits per heavy atom. The van der Waals surface area contributed by atoms with Crippen molar-refractivity contribution >= 4 is 0 Å². The van der Waals surface area contributed by atoms with Crippen LogP contribution >= 0.6 is 0 Å². The Morgan fingerprint density at radius 1 is 1.11 bits per heavy atom. The lowest BCUT2D eigenvalue weighted by Gasteiger charge is -2.30. The molecule has 0 radical (unpaired) electrons. The number of rotatable bonds is 14. The van der Waals surface area contributed by atoms with Crippen LogP contribution in [0.3, 0.4) is 0 Å². The molecule has 0 bridgehead atoms. The van der Waals surface area contributed by atoms with Crippen LogP contribution in [0, 0.1) is 17.8 Å². The maximum atomic E-state index is 10.4. The zero-order valence-electron chi connectivity index (χ0n) is 18.7. The molecule has 0 fully saturated rings. The highest BCUT2D eigenvalue weighted by Crippen LogP contribution is 2.28. The van der Waals surface area contributed by atoms with Gasteiger partial charge in [-0.3, -0.25) is 0 Å². The Balaban J connectivity index is 2.52. The summed E-state index contributed by atoms with van der Waals surface area (Å²) in [6.07, 6.45) is 6.78. The van der Waals surface area contributed by atoms with Crippen molar-refractivity contribution in [3.05, 3.63) is 23.8 Å². The molecule has 4 heteroatoms. The maximum Gasteiger partial charge on any atom is 0.123 e. The first-order chi connectivity index (χ1) is 13.2. The van der Waals surface area contributed by atoms with Crippen LogP contribution < -0.4 is 10.5 Å². The monoisotopic (exact) mass is 393 g/mol. The van der Waals surface area contributed by atoms with Crippen molar-refractivity contribution in [3.63, 3.8) is 0 Å². The number of aromatic hydroxyl groups is 1. The number of aryl methyl sites for hydroxylation is 1. The molecule has 0 saturated carbocycles. The molecule has 0 aromatic heterocycles. The molecule has 0 aliphatic rings. The number of nitrogens with two attached hydrogens (primary N) is 1. The minimum atomic E-state index is -0.595. The highest BCUT2D eigenvalue weighted by atomic mass is 16.5. The number of aliphatic hydroxyl groups is 1. The summed E-state index contributed by atoms with van der Waals surface area (Å²) in [6.45, 7) is 11.6. The quantitative estimate of drug-likeness (QED) is 0.401. The summed E-state index contributed by atoms with van der Waals surface area (Å²) < 4.78 is 5.87. The van der Waals surface area contributed by atoms with Gasteiger partial charge < -0.3 is 20.7 Å². The second kappa shape index (κ2) is 12.3. The summed E-state index contributed by atoms with van der Waals surface area (Å²) in [6, 6.07) is 5.53. The van der Waals surface area contributed by atoms with Gasteiger partial charge in [0.2, 0.25) is 0 Å². The molecule has 1 aromatic carbocycles. The van der Waals surface area contributed by atoms with E-state index in [1.165, 1.54) is 12.8 Å². The molecule has 162 valence electrons. The minimum Gasteiger partial charge on any atom is -0.508 e. The van der Waals surface area contributed by atoms with Crippen LogP contribution in [-0.2, 0) is 6.42 Å². The third kappa shape index (κ3) is 9.29. The van der Waals surface area contributed by atoms with Gasteiger partial charge in [-0.1, -0.05) is 59.9 Å². The first-order valence-electron chi connectivity index (χ1n) is 11.0. The number of hydrogen-bond donors (Lipinski definition) is 3. The molecule has 1 rings (SSSR count). The molecule has 4 N–H and O–H groups in total. The van der Waals surface area contributed by atoms with E-state index < -0.39 is 5.54 Å². The summed E-state index contributed by atoms with van der Waals surface area (Å²) in [7, 11) is 0. The first-order valence-corrected chi connectivity index (χ1v) is 11.0. The number of hydrogen-bond acceptors (Lipinski definition) is 4. The van der Waals surface area contributed by atoms with Crippen molar-refractivity contribution < 1.29 is 14.9 Å². The molecule has 28 heavy (non-hydrogen) atoms. The van der Waals surface area contributed by atoms with Crippen LogP contribution in [0.4, 0.5) is 0 Å². The second-order valence-electron chi connectivity index (χ2n) is 9.27. The minimum absolute atomic E-state index is 0.0337. The van der Waals surface area contributed by atoms with Gasteiger partial charge in [-0.15, -0.1) is 0 Å². The highest BCUT2D eigenvalue weighted by Gasteiger charge is 2.26. The molecule has 4 nitrogen and oxygen atoms in total. The van der Waals surface area contributed by atoms with Crippen LogP contribution in [0.25, 0.3) is 0 Å². The van der Waals surface area contributed by atoms with Gasteiger partial charge in [0.1, 0.15) is 11.5 Å². The average molecular weight is 394 g/mol. The molecule has 0 aliphatic carbocycles. The summed E-state index contributed by atoms with van der Waals surface area (Å²) in [5, 5.41) is 20.1. The maximum absolute atomic E-state index is 10.4. The van der Waals surface area contributed by atoms with Crippen molar-refractivity contribution in [2.24, 2.45) is 23.5 Å². The fourth-order valence-electron chi connectivity index (χ4n) is 3.51. The van der Waals surface area contributed by atoms with Gasteiger partial charge in [-0.05, 0) is 55.1 Å². The molecule has 0 aliphatic heterocycles. The second-order valence-corrected chi connectivity index (χ2v) is 9.27. The third-order valence-electron chi connectivity index (χ3n) is 5.73. The molecular formula is C24H43NO3. The fourth-order valence-corrected chi connectivity index (χ4v) is 3.51. The van der Waals surface area contributed by atoms with E-state index in [-0.39, 0.29) is 12.4 Å². The van der Waals surface area contributed by atoms with E-state index in [1.54, 1.807) is 6.07 Å². The average Bonchev–Trinajstić information content (AvgIpc) is 2.65. The van der Waals surface area contributed by atoms with E-state index in [0.29, 0.717) is 37.0 Å². The summed E-state index contributed by atoms with van der Waals surface area (Å²) in [5.41, 5.74) is 6.64. The van der Waals surface area contributed by atoms with Crippen LogP contribution in [-0.4, -0.2) is 29.0 Å². The van der Waals surface area contributed by atoms with Crippen LogP contribution in [0.2, 0.25) is 0 Å². The number of ether oxygens (including phenoxy) is 1. The van der Waals surface area contributed by atoms with Crippen molar-refractivity contribution in [1.82, 2.24) is 0 Å². The third-order valence-corrected chi connectivity index (χ3v) is 5.73. The Kier molecular flexibility index (Phi) is 10.9. The van der Waals surface area contributed by atoms with E-state index >= 15 is 0 Å². The SMILES string of the molecule is CCC(C)C[C@](N)(CO)CCc1ccc(OCC(C)CCCC(C)C)cc1O. The van der Waals surface area contributed by atoms with Gasteiger partial charge in [0, 0.05) is 11.6 Å². The Hall–Kier alpha value is -1.26. The van der Waals surface area contributed by atoms with Gasteiger partial charge >= 0.3 is 0 Å². The van der Waals surface area contributed by atoms with Crippen molar-refractivity contribution in [3.8, 4) is 11.5 Å². The van der Waals surface area contributed by atoms with E-state index in [0.717, 1.165) is 30.7 Å². The van der Waals surface area contributed by atoms with Crippen molar-refractivity contribution in [1.29, 1.82) is 0 Å². The van der Waals surface area contributed by atoms with Gasteiger partial charge in [-0.25, -0.2) is 0 Å². The lowest BCUT2D eigenvalue weighted by molar-refractivity contribution is 0.161. The van der Waals surface area contributed by atoms with E-state index in [4.69, 9.17) is 10.5 Å². The molecule has 0 heterocycles. The zero-order chi connectivity index (χ0) is 21.2. The predicted molar refractivity (Wildman–Crippen MR) is 118 cm³/mol. The molecular weight excluding hydrogens is 350 g/mol. The van der Waals surface area contributed by atoms with E-state index in [2.05, 4.69) is 34.6 Å². The van der Waals surface area contributed by atoms with Gasteiger partial charge in [0.25, 0.3) is 0 Å². The van der Waals surface area contributed by atoms with Crippen LogP contribution in [0.15, 0.2) is 18.2 Å². The lowest BCUT2D eigenvalue weighted by atomic mass is 9.83. The van der Waals surface area contributed by atoms with Crippen molar-refractivity contribution in [2.45, 2.75) is 85.1 Å². The largest absolute Gasteiger partial charge is 0.508 e. The number of phenolic OH excluding ortho intramolecular Hbond substituents is 1. The summed E-state index contributed by atoms with van der Waals surface area (Å²) in [5.74, 6) is 2.68. The topological polar surface area (TPSA) is 75.7 Å². The highest BCUT2D eigenvalue weighted by molar-refractivity contribution is 5.39. The van der Waals surface area contributed by atoms with E-state index in [9.17, 15) is 10.2 Å². The van der Waals surface area contributed by atoms with Gasteiger partial charge in [0.15, 0.2) is 0 Å². The van der Waals surface area contributed by atoms with Crippen molar-refractivity contribution in [2.75, 3.05) is 13.2 Å². The normalized spacial score (nSPS) is 16.0.